The summed E-state index contributed by atoms with van der Waals surface area (Å²) in [7, 11) is -3.78. The fourth-order valence-electron chi connectivity index (χ4n) is 3.50. The van der Waals surface area contributed by atoms with Crippen LogP contribution in [-0.4, -0.2) is 24.3 Å². The number of thiazole rings is 1. The van der Waals surface area contributed by atoms with Crippen LogP contribution in [0, 0.1) is 0 Å². The van der Waals surface area contributed by atoms with Gasteiger partial charge in [-0.1, -0.05) is 41.9 Å². The summed E-state index contributed by atoms with van der Waals surface area (Å²) in [6, 6.07) is 22.3. The Morgan fingerprint density at radius 1 is 0.943 bits per heavy atom. The summed E-state index contributed by atoms with van der Waals surface area (Å²) >= 11 is 7.20. The van der Waals surface area contributed by atoms with Crippen LogP contribution in [0.1, 0.15) is 10.4 Å². The normalized spacial score (nSPS) is 11.3. The molecule has 0 spiro atoms. The second kappa shape index (κ2) is 9.46. The standard InChI is InChI=1S/C25H17ClN4O3S2/c26-17-7-5-16(6-8-17)23-15-21(20-3-1-2-4-22(20)29-23)24(31)28-18-9-11-19(12-10-18)35(32,33)30-25-27-13-14-34-25/h1-15H,(H,27,30)(H,28,31). The zero-order valence-corrected chi connectivity index (χ0v) is 20.4. The van der Waals surface area contributed by atoms with Crippen LogP contribution >= 0.6 is 22.9 Å². The maximum Gasteiger partial charge on any atom is 0.263 e. The number of halogens is 1. The van der Waals surface area contributed by atoms with Gasteiger partial charge in [0.25, 0.3) is 15.9 Å². The van der Waals surface area contributed by atoms with Crippen LogP contribution in [0.25, 0.3) is 22.2 Å². The van der Waals surface area contributed by atoms with Crippen molar-refractivity contribution < 1.29 is 13.2 Å². The first-order valence-electron chi connectivity index (χ1n) is 10.4. The zero-order chi connectivity index (χ0) is 24.4. The molecule has 0 atom stereocenters. The number of nitrogens with zero attached hydrogens (tertiary/aromatic N) is 2. The maximum absolute atomic E-state index is 13.3. The van der Waals surface area contributed by atoms with Gasteiger partial charge in [-0.25, -0.2) is 18.4 Å². The minimum atomic E-state index is -3.78. The average Bonchev–Trinajstić information content (AvgIpc) is 3.36. The van der Waals surface area contributed by atoms with E-state index in [4.69, 9.17) is 16.6 Å². The van der Waals surface area contributed by atoms with Gasteiger partial charge in [0, 0.05) is 33.2 Å². The SMILES string of the molecule is O=C(Nc1ccc(S(=O)(=O)Nc2nccs2)cc1)c1cc(-c2ccc(Cl)cc2)nc2ccccc12. The number of benzene rings is 3. The molecule has 0 radical (unpaired) electrons. The van der Waals surface area contributed by atoms with E-state index in [1.165, 1.54) is 41.8 Å². The second-order valence-electron chi connectivity index (χ2n) is 7.50. The summed E-state index contributed by atoms with van der Waals surface area (Å²) < 4.78 is 27.5. The molecule has 0 aliphatic carbocycles. The number of aromatic nitrogens is 2. The summed E-state index contributed by atoms with van der Waals surface area (Å²) in [4.78, 5) is 22.0. The van der Waals surface area contributed by atoms with Crippen molar-refractivity contribution in [1.29, 1.82) is 0 Å². The highest BCUT2D eigenvalue weighted by Gasteiger charge is 2.17. The highest BCUT2D eigenvalue weighted by Crippen LogP contribution is 2.27. The van der Waals surface area contributed by atoms with Crippen molar-refractivity contribution in [3.05, 3.63) is 101 Å². The molecule has 0 bridgehead atoms. The lowest BCUT2D eigenvalue weighted by Gasteiger charge is -2.11. The van der Waals surface area contributed by atoms with Crippen molar-refractivity contribution >= 4 is 60.6 Å². The number of anilines is 2. The summed E-state index contributed by atoms with van der Waals surface area (Å²) in [5.74, 6) is -0.338. The smallest absolute Gasteiger partial charge is 0.263 e. The molecule has 10 heteroatoms. The molecule has 7 nitrogen and oxygen atoms in total. The van der Waals surface area contributed by atoms with Gasteiger partial charge in [0.2, 0.25) is 0 Å². The van der Waals surface area contributed by atoms with Crippen LogP contribution in [0.15, 0.2) is 95.3 Å². The van der Waals surface area contributed by atoms with Crippen LogP contribution in [-0.2, 0) is 10.0 Å². The highest BCUT2D eigenvalue weighted by molar-refractivity contribution is 7.93. The van der Waals surface area contributed by atoms with Crippen molar-refractivity contribution in [2.45, 2.75) is 4.90 Å². The summed E-state index contributed by atoms with van der Waals surface area (Å²) in [5, 5.41) is 6.12. The number of para-hydroxylation sites is 1. The average molecular weight is 521 g/mol. The maximum atomic E-state index is 13.3. The van der Waals surface area contributed by atoms with Gasteiger partial charge >= 0.3 is 0 Å². The summed E-state index contributed by atoms with van der Waals surface area (Å²) in [6.45, 7) is 0. The Hall–Kier alpha value is -3.79. The molecule has 0 fully saturated rings. The van der Waals surface area contributed by atoms with Gasteiger partial charge in [0.15, 0.2) is 5.13 Å². The van der Waals surface area contributed by atoms with E-state index < -0.39 is 10.0 Å². The fraction of sp³-hybridized carbons (Fsp3) is 0. The van der Waals surface area contributed by atoms with Gasteiger partial charge in [-0.05, 0) is 48.5 Å². The zero-order valence-electron chi connectivity index (χ0n) is 18.0. The largest absolute Gasteiger partial charge is 0.322 e. The molecule has 3 aromatic carbocycles. The van der Waals surface area contributed by atoms with E-state index in [2.05, 4.69) is 15.0 Å². The van der Waals surface area contributed by atoms with Gasteiger partial charge in [-0.2, -0.15) is 0 Å². The second-order valence-corrected chi connectivity index (χ2v) is 10.5. The van der Waals surface area contributed by atoms with E-state index in [1.54, 1.807) is 23.6 Å². The quantitative estimate of drug-likeness (QED) is 0.283. The van der Waals surface area contributed by atoms with E-state index in [-0.39, 0.29) is 15.9 Å². The number of hydrogen-bond acceptors (Lipinski definition) is 6. The molecule has 2 heterocycles. The van der Waals surface area contributed by atoms with Crippen LogP contribution in [0.2, 0.25) is 5.02 Å². The van der Waals surface area contributed by atoms with Gasteiger partial charge < -0.3 is 5.32 Å². The Morgan fingerprint density at radius 3 is 2.40 bits per heavy atom. The number of carbonyl (C=O) groups excluding carboxylic acids is 1. The third-order valence-corrected chi connectivity index (χ3v) is 7.60. The molecule has 0 saturated carbocycles. The molecule has 0 aliphatic heterocycles. The minimum absolute atomic E-state index is 0.0603. The topological polar surface area (TPSA) is 101 Å². The molecule has 0 saturated heterocycles. The third kappa shape index (κ3) is 5.02. The molecule has 1 amide bonds. The number of carbonyl (C=O) groups is 1. The molecule has 174 valence electrons. The van der Waals surface area contributed by atoms with E-state index in [1.807, 2.05) is 36.4 Å². The van der Waals surface area contributed by atoms with Crippen molar-refractivity contribution in [3.63, 3.8) is 0 Å². The molecule has 35 heavy (non-hydrogen) atoms. The predicted molar refractivity (Wildman–Crippen MR) is 140 cm³/mol. The van der Waals surface area contributed by atoms with Crippen molar-refractivity contribution in [1.82, 2.24) is 9.97 Å². The van der Waals surface area contributed by atoms with Gasteiger partial charge in [-0.15, -0.1) is 11.3 Å². The summed E-state index contributed by atoms with van der Waals surface area (Å²) in [6.07, 6.45) is 1.52. The molecule has 5 rings (SSSR count). The Morgan fingerprint density at radius 2 is 1.69 bits per heavy atom. The van der Waals surface area contributed by atoms with Crippen molar-refractivity contribution in [2.24, 2.45) is 0 Å². The lowest BCUT2D eigenvalue weighted by Crippen LogP contribution is -2.14. The first kappa shape index (κ1) is 23.0. The lowest BCUT2D eigenvalue weighted by atomic mass is 10.0. The number of fused-ring (bicyclic) bond motifs is 1. The van der Waals surface area contributed by atoms with Crippen molar-refractivity contribution in [3.8, 4) is 11.3 Å². The Balaban J connectivity index is 1.43. The van der Waals surface area contributed by atoms with Crippen LogP contribution < -0.4 is 10.0 Å². The lowest BCUT2D eigenvalue weighted by molar-refractivity contribution is 0.102. The molecule has 0 unspecified atom stereocenters. The summed E-state index contributed by atoms with van der Waals surface area (Å²) in [5.41, 5.74) is 3.05. The van der Waals surface area contributed by atoms with Gasteiger partial charge in [-0.3, -0.25) is 9.52 Å². The molecule has 0 aliphatic rings. The molecular formula is C25H17ClN4O3S2. The number of amides is 1. The number of hydrogen-bond donors (Lipinski definition) is 2. The predicted octanol–water partition coefficient (Wildman–Crippen LogP) is 6.06. The van der Waals surface area contributed by atoms with Gasteiger partial charge in [0.1, 0.15) is 0 Å². The molecular weight excluding hydrogens is 504 g/mol. The molecule has 5 aromatic rings. The van der Waals surface area contributed by atoms with Crippen LogP contribution in [0.4, 0.5) is 10.8 Å². The number of rotatable bonds is 6. The van der Waals surface area contributed by atoms with Crippen LogP contribution in [0.5, 0.6) is 0 Å². The molecule has 2 aromatic heterocycles. The monoisotopic (exact) mass is 520 g/mol. The number of pyridine rings is 1. The minimum Gasteiger partial charge on any atom is -0.322 e. The number of sulfonamides is 1. The van der Waals surface area contributed by atoms with E-state index in [0.29, 0.717) is 32.9 Å². The molecule has 2 N–H and O–H groups in total. The van der Waals surface area contributed by atoms with E-state index in [0.717, 1.165) is 5.56 Å². The first-order chi connectivity index (χ1) is 16.9. The third-order valence-electron chi connectivity index (χ3n) is 5.18. The Labute approximate surface area is 210 Å². The van der Waals surface area contributed by atoms with Crippen LogP contribution in [0.3, 0.4) is 0 Å². The Kier molecular flexibility index (Phi) is 6.21. The van der Waals surface area contributed by atoms with E-state index in [9.17, 15) is 13.2 Å². The Bertz CT molecular complexity index is 1620. The van der Waals surface area contributed by atoms with Gasteiger partial charge in [0.05, 0.1) is 21.7 Å². The number of nitrogens with one attached hydrogen (secondary N) is 2. The first-order valence-corrected chi connectivity index (χ1v) is 13.1. The van der Waals surface area contributed by atoms with Crippen molar-refractivity contribution in [2.75, 3.05) is 10.0 Å². The fourth-order valence-corrected chi connectivity index (χ4v) is 5.41. The highest BCUT2D eigenvalue weighted by atomic mass is 35.5. The van der Waals surface area contributed by atoms with E-state index >= 15 is 0 Å².